The maximum Gasteiger partial charge on any atom is 0.261 e. The van der Waals surface area contributed by atoms with Gasteiger partial charge in [-0.3, -0.25) is 0 Å². The van der Waals surface area contributed by atoms with Gasteiger partial charge >= 0.3 is 0 Å². The number of guanidine groups is 1. The summed E-state index contributed by atoms with van der Waals surface area (Å²) in [5.41, 5.74) is 0. The van der Waals surface area contributed by atoms with Gasteiger partial charge in [-0.2, -0.15) is 20.0 Å². The first kappa shape index (κ1) is 11.2. The maximum absolute atomic E-state index is 9.97. The molecule has 1 atom stereocenters. The second kappa shape index (κ2) is 5.77. The Balaban J connectivity index is 3.02. The second-order valence-electron chi connectivity index (χ2n) is 2.01. The number of hydrazone groups is 1. The van der Waals surface area contributed by atoms with E-state index in [1.54, 1.807) is 0 Å². The van der Waals surface area contributed by atoms with Gasteiger partial charge in [0.1, 0.15) is 6.34 Å². The number of carbonyl (C=O) groups excluding carboxylic acids is 1. The lowest BCUT2D eigenvalue weighted by atomic mass is 10.7. The molecule has 15 heavy (non-hydrogen) atoms. The van der Waals surface area contributed by atoms with Gasteiger partial charge in [0.2, 0.25) is 12.4 Å². The molecule has 74 valence electrons. The van der Waals surface area contributed by atoms with Crippen LogP contribution in [0.25, 0.3) is 0 Å². The Morgan fingerprint density at radius 3 is 2.87 bits per heavy atom. The summed E-state index contributed by atoms with van der Waals surface area (Å²) in [7, 11) is 0. The summed E-state index contributed by atoms with van der Waals surface area (Å²) in [5, 5.41) is 9.03. The Labute approximate surface area is 94.6 Å². The van der Waals surface area contributed by atoms with Crippen LogP contribution in [-0.4, -0.2) is 40.0 Å². The summed E-state index contributed by atoms with van der Waals surface area (Å²) in [6, 6.07) is 0. The molecule has 7 nitrogen and oxygen atoms in total. The Hall–Kier alpha value is -1.88. The molecule has 0 spiro atoms. The van der Waals surface area contributed by atoms with Crippen LogP contribution in [0.15, 0.2) is 25.1 Å². The van der Waals surface area contributed by atoms with Gasteiger partial charge in [-0.25, -0.2) is 4.79 Å². The summed E-state index contributed by atoms with van der Waals surface area (Å²) >= 11 is 8.83. The molecule has 1 unspecified atom stereocenters. The standard InChI is InChI=1S/C6H2N6OS2/c13-2-8-5-7-1-12(10-4-15)6(11-5)9-3-14/h1,6H. The number of isothiocyanates is 2. The lowest BCUT2D eigenvalue weighted by Crippen LogP contribution is -2.30. The van der Waals surface area contributed by atoms with E-state index in [1.165, 1.54) is 17.4 Å². The average molecular weight is 238 g/mol. The zero-order chi connectivity index (χ0) is 11.1. The van der Waals surface area contributed by atoms with Gasteiger partial charge in [-0.15, -0.1) is 10.1 Å². The highest BCUT2D eigenvalue weighted by Crippen LogP contribution is 2.06. The number of thiocarbonyl (C=S) groups is 2. The van der Waals surface area contributed by atoms with Gasteiger partial charge in [0, 0.05) is 0 Å². The van der Waals surface area contributed by atoms with E-state index in [4.69, 9.17) is 0 Å². The van der Waals surface area contributed by atoms with Crippen molar-refractivity contribution in [2.45, 2.75) is 6.29 Å². The van der Waals surface area contributed by atoms with E-state index in [0.717, 1.165) is 0 Å². The molecule has 0 saturated heterocycles. The van der Waals surface area contributed by atoms with Crippen molar-refractivity contribution in [2.75, 3.05) is 0 Å². The van der Waals surface area contributed by atoms with Crippen LogP contribution >= 0.6 is 24.4 Å². The minimum atomic E-state index is -0.817. The third-order valence-corrected chi connectivity index (χ3v) is 1.42. The number of hydrogen-bond acceptors (Lipinski definition) is 9. The number of hydrogen-bond donors (Lipinski definition) is 0. The third kappa shape index (κ3) is 3.07. The average Bonchev–Trinajstić information content (AvgIpc) is 2.23. The highest BCUT2D eigenvalue weighted by molar-refractivity contribution is 7.78. The zero-order valence-corrected chi connectivity index (χ0v) is 8.70. The van der Waals surface area contributed by atoms with Crippen molar-refractivity contribution in [3.05, 3.63) is 0 Å². The predicted octanol–water partition coefficient (Wildman–Crippen LogP) is 0.426. The molecule has 1 heterocycles. The molecular formula is C6H2N6OS2. The van der Waals surface area contributed by atoms with Gasteiger partial charge in [0.15, 0.2) is 0 Å². The summed E-state index contributed by atoms with van der Waals surface area (Å²) in [6.45, 7) is 0. The first-order valence-corrected chi connectivity index (χ1v) is 4.26. The van der Waals surface area contributed by atoms with Crippen LogP contribution in [0.4, 0.5) is 0 Å². The van der Waals surface area contributed by atoms with Crippen molar-refractivity contribution < 1.29 is 4.79 Å². The molecule has 0 amide bonds. The van der Waals surface area contributed by atoms with Gasteiger partial charge in [-0.05, 0) is 24.4 Å². The minimum Gasteiger partial charge on any atom is -0.211 e. The van der Waals surface area contributed by atoms with Crippen molar-refractivity contribution in [1.29, 1.82) is 0 Å². The van der Waals surface area contributed by atoms with E-state index in [1.807, 2.05) is 0 Å². The molecule has 0 aromatic carbocycles. The largest absolute Gasteiger partial charge is 0.261 e. The van der Waals surface area contributed by atoms with Gasteiger partial charge < -0.3 is 0 Å². The topological polar surface area (TPSA) is 82.1 Å². The van der Waals surface area contributed by atoms with Crippen LogP contribution in [0.1, 0.15) is 0 Å². The lowest BCUT2D eigenvalue weighted by molar-refractivity contribution is 0.353. The zero-order valence-electron chi connectivity index (χ0n) is 7.06. The molecule has 1 rings (SSSR count). The van der Waals surface area contributed by atoms with E-state index in [9.17, 15) is 4.79 Å². The minimum absolute atomic E-state index is 0.0696. The third-order valence-electron chi connectivity index (χ3n) is 1.23. The van der Waals surface area contributed by atoms with Crippen molar-refractivity contribution in [3.63, 3.8) is 0 Å². The molecule has 0 bridgehead atoms. The van der Waals surface area contributed by atoms with Crippen LogP contribution in [-0.2, 0) is 4.79 Å². The predicted molar refractivity (Wildman–Crippen MR) is 59.7 cm³/mol. The van der Waals surface area contributed by atoms with E-state index in [0.29, 0.717) is 0 Å². The van der Waals surface area contributed by atoms with Crippen molar-refractivity contribution in [2.24, 2.45) is 25.1 Å². The molecule has 0 saturated carbocycles. The fourth-order valence-corrected chi connectivity index (χ4v) is 0.913. The smallest absolute Gasteiger partial charge is 0.211 e. The molecule has 0 aliphatic carbocycles. The fraction of sp³-hybridized carbons (Fsp3) is 0.167. The second-order valence-corrected chi connectivity index (χ2v) is 2.38. The molecule has 1 aliphatic heterocycles. The molecule has 9 heteroatoms. The van der Waals surface area contributed by atoms with Crippen LogP contribution in [0, 0.1) is 0 Å². The number of isocyanates is 1. The van der Waals surface area contributed by atoms with Crippen LogP contribution in [0.2, 0.25) is 0 Å². The first-order chi connectivity index (χ1) is 7.31. The highest BCUT2D eigenvalue weighted by Gasteiger charge is 2.17. The van der Waals surface area contributed by atoms with Gasteiger partial charge in [-0.1, -0.05) is 0 Å². The van der Waals surface area contributed by atoms with E-state index in [-0.39, 0.29) is 5.96 Å². The number of aliphatic imine (C=N–C) groups is 4. The SMILES string of the molecule is O=C=NC1=NC(N=C=S)N(N=C=S)C=N1. The molecular weight excluding hydrogens is 236 g/mol. The monoisotopic (exact) mass is 238 g/mol. The molecule has 0 aromatic heterocycles. The van der Waals surface area contributed by atoms with Crippen LogP contribution in [0.5, 0.6) is 0 Å². The van der Waals surface area contributed by atoms with Crippen molar-refractivity contribution >= 4 is 53.1 Å². The Morgan fingerprint density at radius 2 is 2.27 bits per heavy atom. The Morgan fingerprint density at radius 1 is 1.47 bits per heavy atom. The number of nitrogens with zero attached hydrogens (tertiary/aromatic N) is 6. The van der Waals surface area contributed by atoms with E-state index in [2.05, 4.69) is 59.8 Å². The van der Waals surface area contributed by atoms with Gasteiger partial charge in [0.25, 0.3) is 5.96 Å². The summed E-state index contributed by atoms with van der Waals surface area (Å²) < 4.78 is 0. The van der Waals surface area contributed by atoms with E-state index < -0.39 is 6.29 Å². The quantitative estimate of drug-likeness (QED) is 0.396. The Bertz CT molecular complexity index is 452. The molecule has 1 aliphatic rings. The van der Waals surface area contributed by atoms with Crippen molar-refractivity contribution in [3.8, 4) is 0 Å². The fourth-order valence-electron chi connectivity index (χ4n) is 0.725. The molecule has 0 fully saturated rings. The Kier molecular flexibility index (Phi) is 4.30. The lowest BCUT2D eigenvalue weighted by Gasteiger charge is -2.18. The maximum atomic E-state index is 9.97. The molecule has 0 radical (unpaired) electrons. The normalized spacial score (nSPS) is 18.0. The van der Waals surface area contributed by atoms with Crippen LogP contribution < -0.4 is 0 Å². The van der Waals surface area contributed by atoms with Crippen molar-refractivity contribution in [1.82, 2.24) is 5.01 Å². The summed E-state index contributed by atoms with van der Waals surface area (Å²) in [6.07, 6.45) is 1.73. The van der Waals surface area contributed by atoms with E-state index >= 15 is 0 Å². The van der Waals surface area contributed by atoms with Crippen LogP contribution in [0.3, 0.4) is 0 Å². The first-order valence-electron chi connectivity index (χ1n) is 3.45. The highest BCUT2D eigenvalue weighted by atomic mass is 32.1. The molecule has 0 aromatic rings. The number of rotatable bonds is 2. The van der Waals surface area contributed by atoms with Gasteiger partial charge in [0.05, 0.1) is 10.3 Å². The summed E-state index contributed by atoms with van der Waals surface area (Å²) in [4.78, 5) is 24.3. The summed E-state index contributed by atoms with van der Waals surface area (Å²) in [5.74, 6) is -0.0696. The molecule has 0 N–H and O–H groups in total.